The van der Waals surface area contributed by atoms with E-state index in [1.165, 1.54) is 38.2 Å². The van der Waals surface area contributed by atoms with Gasteiger partial charge in [-0.25, -0.2) is 0 Å². The zero-order chi connectivity index (χ0) is 16.6. The van der Waals surface area contributed by atoms with Crippen molar-refractivity contribution in [2.45, 2.75) is 58.0 Å². The van der Waals surface area contributed by atoms with Gasteiger partial charge in [-0.2, -0.15) is 0 Å². The summed E-state index contributed by atoms with van der Waals surface area (Å²) in [5.41, 5.74) is -0.307. The summed E-state index contributed by atoms with van der Waals surface area (Å²) >= 11 is 0. The molecule has 4 nitrogen and oxygen atoms in total. The number of carbonyl (C=O) groups excluding carboxylic acids is 2. The van der Waals surface area contributed by atoms with Crippen LogP contribution in [-0.4, -0.2) is 24.0 Å². The van der Waals surface area contributed by atoms with E-state index in [4.69, 9.17) is 4.74 Å². The van der Waals surface area contributed by atoms with E-state index >= 15 is 0 Å². The van der Waals surface area contributed by atoms with Gasteiger partial charge in [0.25, 0.3) is 0 Å². The average molecular weight is 319 g/mol. The zero-order valence-corrected chi connectivity index (χ0v) is 14.3. The Kier molecular flexibility index (Phi) is 4.52. The summed E-state index contributed by atoms with van der Waals surface area (Å²) in [4.78, 5) is 23.7. The Morgan fingerprint density at radius 1 is 1.22 bits per heavy atom. The first-order valence-corrected chi connectivity index (χ1v) is 9.11. The lowest BCUT2D eigenvalue weighted by Gasteiger charge is -2.62. The molecular formula is C19H29NO3. The molecule has 4 aliphatic carbocycles. The number of esters is 1. The average Bonchev–Trinajstić information content (AvgIpc) is 2.54. The number of carbonyl (C=O) groups is 2. The normalized spacial score (nSPS) is 38.9. The van der Waals surface area contributed by atoms with E-state index in [-0.39, 0.29) is 24.0 Å². The van der Waals surface area contributed by atoms with Crippen molar-refractivity contribution in [3.8, 4) is 0 Å². The van der Waals surface area contributed by atoms with E-state index in [9.17, 15) is 9.59 Å². The Morgan fingerprint density at radius 3 is 2.26 bits per heavy atom. The molecule has 0 aromatic heterocycles. The zero-order valence-electron chi connectivity index (χ0n) is 14.3. The van der Waals surface area contributed by atoms with Gasteiger partial charge in [-0.15, -0.1) is 0 Å². The minimum absolute atomic E-state index is 0.0602. The Morgan fingerprint density at radius 2 is 1.78 bits per heavy atom. The molecule has 0 radical (unpaired) electrons. The molecule has 0 aromatic carbocycles. The highest BCUT2D eigenvalue weighted by molar-refractivity contribution is 5.89. The maximum absolute atomic E-state index is 12.4. The van der Waals surface area contributed by atoms with Crippen LogP contribution in [0.25, 0.3) is 0 Å². The molecule has 4 rings (SSSR count). The van der Waals surface area contributed by atoms with Gasteiger partial charge in [0.15, 0.2) is 0 Å². The maximum atomic E-state index is 12.4. The largest absolute Gasteiger partial charge is 0.457 e. The fourth-order valence-electron chi connectivity index (χ4n) is 5.78. The van der Waals surface area contributed by atoms with Crippen molar-refractivity contribution in [2.75, 3.05) is 6.54 Å². The molecule has 0 heterocycles. The molecule has 0 aromatic rings. The lowest BCUT2D eigenvalue weighted by molar-refractivity contribution is -0.226. The quantitative estimate of drug-likeness (QED) is 0.604. The monoisotopic (exact) mass is 319 g/mol. The van der Waals surface area contributed by atoms with E-state index in [1.54, 1.807) is 0 Å². The van der Waals surface area contributed by atoms with Gasteiger partial charge in [0, 0.05) is 0 Å². The second kappa shape index (κ2) is 6.29. The lowest BCUT2D eigenvalue weighted by Crippen LogP contribution is -2.63. The van der Waals surface area contributed by atoms with Crippen molar-refractivity contribution in [2.24, 2.45) is 29.6 Å². The molecular weight excluding hydrogens is 290 g/mol. The van der Waals surface area contributed by atoms with E-state index < -0.39 is 0 Å². The summed E-state index contributed by atoms with van der Waals surface area (Å²) in [5.74, 6) is 2.44. The van der Waals surface area contributed by atoms with Gasteiger partial charge in [0.05, 0.1) is 0 Å². The van der Waals surface area contributed by atoms with Crippen molar-refractivity contribution >= 4 is 11.9 Å². The molecule has 1 N–H and O–H groups in total. The van der Waals surface area contributed by atoms with Crippen LogP contribution in [0.15, 0.2) is 12.7 Å². The Bertz CT molecular complexity index is 471. The fraction of sp³-hybridized carbons (Fsp3) is 0.789. The summed E-state index contributed by atoms with van der Waals surface area (Å²) in [6.07, 6.45) is 8.43. The first-order valence-electron chi connectivity index (χ1n) is 9.11. The van der Waals surface area contributed by atoms with Crippen LogP contribution in [0.5, 0.6) is 0 Å². The van der Waals surface area contributed by atoms with Crippen molar-refractivity contribution in [1.82, 2.24) is 5.32 Å². The third-order valence-corrected chi connectivity index (χ3v) is 6.68. The molecule has 4 saturated carbocycles. The first-order chi connectivity index (χ1) is 11.0. The summed E-state index contributed by atoms with van der Waals surface area (Å²) < 4.78 is 6.17. The number of rotatable bonds is 6. The van der Waals surface area contributed by atoms with Gasteiger partial charge in [-0.1, -0.05) is 20.4 Å². The smallest absolute Gasteiger partial charge is 0.325 e. The molecule has 4 heteroatoms. The highest BCUT2D eigenvalue weighted by Gasteiger charge is 2.61. The molecule has 1 amide bonds. The maximum Gasteiger partial charge on any atom is 0.325 e. The highest BCUT2D eigenvalue weighted by atomic mass is 16.6. The van der Waals surface area contributed by atoms with Crippen LogP contribution in [0.1, 0.15) is 52.4 Å². The number of hydrogen-bond donors (Lipinski definition) is 1. The van der Waals surface area contributed by atoms with Gasteiger partial charge in [0.2, 0.25) is 5.91 Å². The SMILES string of the molecule is C=CC(=O)NCC(=O)OC1(C(C)CC)C2CC3CC(C2)CC1C3. The molecule has 1 atom stereocenters. The van der Waals surface area contributed by atoms with Crippen LogP contribution in [0, 0.1) is 29.6 Å². The molecule has 1 unspecified atom stereocenters. The van der Waals surface area contributed by atoms with Gasteiger partial charge in [-0.05, 0) is 74.2 Å². The van der Waals surface area contributed by atoms with E-state index in [0.29, 0.717) is 17.8 Å². The lowest BCUT2D eigenvalue weighted by atomic mass is 9.47. The first kappa shape index (κ1) is 16.5. The Labute approximate surface area is 139 Å². The van der Waals surface area contributed by atoms with E-state index in [0.717, 1.165) is 18.3 Å². The molecule has 0 spiro atoms. The summed E-state index contributed by atoms with van der Waals surface area (Å²) in [6.45, 7) is 7.76. The molecule has 4 aliphatic rings. The van der Waals surface area contributed by atoms with Crippen LogP contribution >= 0.6 is 0 Å². The third kappa shape index (κ3) is 2.81. The topological polar surface area (TPSA) is 55.4 Å². The summed E-state index contributed by atoms with van der Waals surface area (Å²) in [7, 11) is 0. The van der Waals surface area contributed by atoms with Crippen LogP contribution < -0.4 is 5.32 Å². The van der Waals surface area contributed by atoms with Crippen LogP contribution in [0.4, 0.5) is 0 Å². The van der Waals surface area contributed by atoms with Crippen molar-refractivity contribution < 1.29 is 14.3 Å². The molecule has 0 aliphatic heterocycles. The van der Waals surface area contributed by atoms with Gasteiger partial charge in [0.1, 0.15) is 12.1 Å². The minimum Gasteiger partial charge on any atom is -0.457 e. The molecule has 4 fully saturated rings. The van der Waals surface area contributed by atoms with Crippen molar-refractivity contribution in [1.29, 1.82) is 0 Å². The second-order valence-corrected chi connectivity index (χ2v) is 7.86. The highest BCUT2D eigenvalue weighted by Crippen LogP contribution is 2.62. The van der Waals surface area contributed by atoms with Gasteiger partial charge < -0.3 is 10.1 Å². The van der Waals surface area contributed by atoms with Crippen molar-refractivity contribution in [3.63, 3.8) is 0 Å². The predicted octanol–water partition coefficient (Wildman–Crippen LogP) is 3.07. The van der Waals surface area contributed by atoms with Crippen LogP contribution in [0.3, 0.4) is 0 Å². The fourth-order valence-corrected chi connectivity index (χ4v) is 5.78. The van der Waals surface area contributed by atoms with Crippen LogP contribution in [0.2, 0.25) is 0 Å². The van der Waals surface area contributed by atoms with Crippen LogP contribution in [-0.2, 0) is 14.3 Å². The molecule has 128 valence electrons. The van der Waals surface area contributed by atoms with Gasteiger partial charge >= 0.3 is 5.97 Å². The summed E-state index contributed by atoms with van der Waals surface area (Å²) in [6, 6.07) is 0. The molecule has 23 heavy (non-hydrogen) atoms. The van der Waals surface area contributed by atoms with E-state index in [2.05, 4.69) is 25.7 Å². The standard InChI is InChI=1S/C19H29NO3/c1-4-12(3)19(23-18(22)11-20-17(21)5-2)15-7-13-6-14(9-15)10-16(19)8-13/h5,12-16H,2,4,6-11H2,1,3H3,(H,20,21). The third-order valence-electron chi connectivity index (χ3n) is 6.68. The summed E-state index contributed by atoms with van der Waals surface area (Å²) in [5, 5.41) is 2.55. The second-order valence-electron chi connectivity index (χ2n) is 7.86. The number of amides is 1. The molecule has 4 bridgehead atoms. The Hall–Kier alpha value is -1.32. The Balaban J connectivity index is 1.77. The van der Waals surface area contributed by atoms with Crippen molar-refractivity contribution in [3.05, 3.63) is 12.7 Å². The van der Waals surface area contributed by atoms with E-state index in [1.807, 2.05) is 0 Å². The van der Waals surface area contributed by atoms with Gasteiger partial charge in [-0.3, -0.25) is 9.59 Å². The number of ether oxygens (including phenoxy) is 1. The molecule has 0 saturated heterocycles. The number of nitrogens with one attached hydrogen (secondary N) is 1. The minimum atomic E-state index is -0.329. The predicted molar refractivity (Wildman–Crippen MR) is 88.5 cm³/mol. The number of hydrogen-bond acceptors (Lipinski definition) is 3.